The summed E-state index contributed by atoms with van der Waals surface area (Å²) >= 11 is 0. The van der Waals surface area contributed by atoms with Gasteiger partial charge in [-0.05, 0) is 25.6 Å². The zero-order chi connectivity index (χ0) is 16.2. The lowest BCUT2D eigenvalue weighted by Crippen LogP contribution is -2.31. The highest BCUT2D eigenvalue weighted by Crippen LogP contribution is 2.16. The summed E-state index contributed by atoms with van der Waals surface area (Å²) in [5, 5.41) is 2.85. The van der Waals surface area contributed by atoms with Crippen molar-refractivity contribution in [3.63, 3.8) is 0 Å². The van der Waals surface area contributed by atoms with Crippen LogP contribution in [0, 0.1) is 0 Å². The summed E-state index contributed by atoms with van der Waals surface area (Å²) in [4.78, 5) is 14.5. The van der Waals surface area contributed by atoms with Crippen LogP contribution >= 0.6 is 0 Å². The molecule has 1 aliphatic heterocycles. The van der Waals surface area contributed by atoms with Crippen LogP contribution in [0.5, 0.6) is 0 Å². The summed E-state index contributed by atoms with van der Waals surface area (Å²) in [7, 11) is -1.37. The fourth-order valence-corrected chi connectivity index (χ4v) is 2.81. The second-order valence-electron chi connectivity index (χ2n) is 5.48. The second-order valence-corrected chi connectivity index (χ2v) is 7.23. The van der Waals surface area contributed by atoms with Crippen molar-refractivity contribution in [3.8, 4) is 0 Å². The average Bonchev–Trinajstić information content (AvgIpc) is 2.45. The Labute approximate surface area is 131 Å². The van der Waals surface area contributed by atoms with E-state index in [4.69, 9.17) is 0 Å². The van der Waals surface area contributed by atoms with Gasteiger partial charge >= 0.3 is 0 Å². The van der Waals surface area contributed by atoms with E-state index in [2.05, 4.69) is 28.1 Å². The van der Waals surface area contributed by atoms with Gasteiger partial charge in [0.1, 0.15) is 0 Å². The third kappa shape index (κ3) is 4.85. The van der Waals surface area contributed by atoms with E-state index in [-0.39, 0.29) is 5.91 Å². The van der Waals surface area contributed by atoms with Crippen LogP contribution in [0.2, 0.25) is 0 Å². The van der Waals surface area contributed by atoms with Gasteiger partial charge in [-0.2, -0.15) is 0 Å². The molecule has 120 valence electrons. The number of hydrogen-bond donors (Lipinski definition) is 2. The molecule has 0 aliphatic carbocycles. The molecule has 2 rings (SSSR count). The number of benzene rings is 1. The van der Waals surface area contributed by atoms with Crippen LogP contribution in [-0.4, -0.2) is 52.2 Å². The molecule has 1 aromatic rings. The molecule has 0 radical (unpaired) electrons. The molecule has 0 fully saturated rings. The quantitative estimate of drug-likeness (QED) is 0.794. The molecule has 6 nitrogen and oxygen atoms in total. The molecule has 1 heterocycles. The molecule has 0 spiro atoms. The normalized spacial score (nSPS) is 16.0. The lowest BCUT2D eigenvalue weighted by Gasteiger charge is -2.22. The van der Waals surface area contributed by atoms with Gasteiger partial charge in [-0.1, -0.05) is 23.8 Å². The smallest absolute Gasteiger partial charge is 0.253 e. The molecule has 0 aromatic heterocycles. The summed E-state index contributed by atoms with van der Waals surface area (Å²) in [5.74, 6) is -0.286. The Morgan fingerprint density at radius 1 is 1.32 bits per heavy atom. The first kappa shape index (κ1) is 16.5. The molecule has 0 saturated heterocycles. The molecular formula is C15H21N3O3S. The van der Waals surface area contributed by atoms with Gasteiger partial charge in [0.2, 0.25) is 10.0 Å². The Bertz CT molecular complexity index is 683. The zero-order valence-electron chi connectivity index (χ0n) is 12.8. The number of anilines is 1. The van der Waals surface area contributed by atoms with Crippen molar-refractivity contribution >= 4 is 21.6 Å². The van der Waals surface area contributed by atoms with Gasteiger partial charge in [0.05, 0.1) is 17.5 Å². The Morgan fingerprint density at radius 2 is 2.05 bits per heavy atom. The van der Waals surface area contributed by atoms with Crippen LogP contribution in [0.3, 0.4) is 0 Å². The van der Waals surface area contributed by atoms with E-state index in [1.165, 1.54) is 5.57 Å². The van der Waals surface area contributed by atoms with Gasteiger partial charge in [-0.25, -0.2) is 8.42 Å². The Hall–Kier alpha value is -1.86. The van der Waals surface area contributed by atoms with Crippen LogP contribution in [0.4, 0.5) is 5.69 Å². The number of likely N-dealkylation sites (N-methyl/N-ethyl adjacent to an activating group) is 1. The van der Waals surface area contributed by atoms with Crippen LogP contribution in [0.25, 0.3) is 0 Å². The standard InChI is InChI=1S/C15H21N3O3S/c1-18-9-7-12(8-10-18)11-16-15(19)13-5-3-4-6-14(13)17-22(2,20)21/h3-7,17H,8-11H2,1-2H3,(H,16,19). The highest BCUT2D eigenvalue weighted by molar-refractivity contribution is 7.92. The monoisotopic (exact) mass is 323 g/mol. The van der Waals surface area contributed by atoms with Crippen molar-refractivity contribution in [1.29, 1.82) is 0 Å². The lowest BCUT2D eigenvalue weighted by atomic mass is 10.1. The fourth-order valence-electron chi connectivity index (χ4n) is 2.23. The highest BCUT2D eigenvalue weighted by atomic mass is 32.2. The van der Waals surface area contributed by atoms with E-state index in [0.717, 1.165) is 25.8 Å². The predicted octanol–water partition coefficient (Wildman–Crippen LogP) is 1.05. The first-order valence-electron chi connectivity index (χ1n) is 7.06. The van der Waals surface area contributed by atoms with E-state index in [1.807, 2.05) is 0 Å². The van der Waals surface area contributed by atoms with Gasteiger partial charge in [0, 0.05) is 19.6 Å². The lowest BCUT2D eigenvalue weighted by molar-refractivity contribution is 0.0957. The number of nitrogens with one attached hydrogen (secondary N) is 2. The van der Waals surface area contributed by atoms with Gasteiger partial charge < -0.3 is 10.2 Å². The molecule has 1 amide bonds. The second kappa shape index (κ2) is 6.93. The number of carbonyl (C=O) groups is 1. The number of hydrogen-bond acceptors (Lipinski definition) is 4. The number of sulfonamides is 1. The summed E-state index contributed by atoms with van der Waals surface area (Å²) in [6.45, 7) is 2.35. The third-order valence-electron chi connectivity index (χ3n) is 3.45. The molecule has 22 heavy (non-hydrogen) atoms. The summed E-state index contributed by atoms with van der Waals surface area (Å²) < 4.78 is 25.1. The van der Waals surface area contributed by atoms with Crippen LogP contribution in [0.15, 0.2) is 35.9 Å². The molecular weight excluding hydrogens is 302 g/mol. The number of para-hydroxylation sites is 1. The van der Waals surface area contributed by atoms with E-state index >= 15 is 0 Å². The molecule has 0 atom stereocenters. The minimum atomic E-state index is -3.42. The van der Waals surface area contributed by atoms with Crippen molar-refractivity contribution in [3.05, 3.63) is 41.5 Å². The number of rotatable bonds is 5. The first-order valence-corrected chi connectivity index (χ1v) is 8.96. The van der Waals surface area contributed by atoms with Gasteiger partial charge in [0.25, 0.3) is 5.91 Å². The summed E-state index contributed by atoms with van der Waals surface area (Å²) in [5.41, 5.74) is 1.81. The Morgan fingerprint density at radius 3 is 2.68 bits per heavy atom. The van der Waals surface area contributed by atoms with Crippen LogP contribution < -0.4 is 10.0 Å². The van der Waals surface area contributed by atoms with Gasteiger partial charge in [-0.15, -0.1) is 0 Å². The molecule has 1 aromatic carbocycles. The molecule has 2 N–H and O–H groups in total. The number of carbonyl (C=O) groups excluding carboxylic acids is 1. The number of amides is 1. The van der Waals surface area contributed by atoms with Crippen molar-refractivity contribution in [2.45, 2.75) is 6.42 Å². The summed E-state index contributed by atoms with van der Waals surface area (Å²) in [6, 6.07) is 6.57. The van der Waals surface area contributed by atoms with Crippen molar-refractivity contribution in [2.24, 2.45) is 0 Å². The highest BCUT2D eigenvalue weighted by Gasteiger charge is 2.14. The van der Waals surface area contributed by atoms with Gasteiger partial charge in [-0.3, -0.25) is 9.52 Å². The maximum Gasteiger partial charge on any atom is 0.253 e. The predicted molar refractivity (Wildman–Crippen MR) is 87.4 cm³/mol. The topological polar surface area (TPSA) is 78.5 Å². The third-order valence-corrected chi connectivity index (χ3v) is 4.04. The van der Waals surface area contributed by atoms with E-state index < -0.39 is 10.0 Å². The minimum absolute atomic E-state index is 0.286. The molecule has 0 bridgehead atoms. The van der Waals surface area contributed by atoms with Crippen LogP contribution in [0.1, 0.15) is 16.8 Å². The van der Waals surface area contributed by atoms with Crippen molar-refractivity contribution in [1.82, 2.24) is 10.2 Å². The average molecular weight is 323 g/mol. The first-order chi connectivity index (χ1) is 10.3. The van der Waals surface area contributed by atoms with Crippen molar-refractivity contribution < 1.29 is 13.2 Å². The minimum Gasteiger partial charge on any atom is -0.348 e. The zero-order valence-corrected chi connectivity index (χ0v) is 13.6. The molecule has 0 unspecified atom stereocenters. The van der Waals surface area contributed by atoms with E-state index in [1.54, 1.807) is 24.3 Å². The Balaban J connectivity index is 2.04. The van der Waals surface area contributed by atoms with Gasteiger partial charge in [0.15, 0.2) is 0 Å². The maximum atomic E-state index is 12.3. The molecule has 7 heteroatoms. The maximum absolute atomic E-state index is 12.3. The molecule has 1 aliphatic rings. The SMILES string of the molecule is CN1CC=C(CNC(=O)c2ccccc2NS(C)(=O)=O)CC1. The van der Waals surface area contributed by atoms with Crippen LogP contribution in [-0.2, 0) is 10.0 Å². The number of nitrogens with zero attached hydrogens (tertiary/aromatic N) is 1. The Kier molecular flexibility index (Phi) is 5.20. The van der Waals surface area contributed by atoms with E-state index in [0.29, 0.717) is 17.8 Å². The summed E-state index contributed by atoms with van der Waals surface area (Å²) in [6.07, 6.45) is 4.11. The fraction of sp³-hybridized carbons (Fsp3) is 0.400. The largest absolute Gasteiger partial charge is 0.348 e. The molecule has 0 saturated carbocycles. The van der Waals surface area contributed by atoms with Crippen molar-refractivity contribution in [2.75, 3.05) is 37.7 Å². The van der Waals surface area contributed by atoms with E-state index in [9.17, 15) is 13.2 Å².